The maximum Gasteiger partial charge on any atom is 0.221 e. The van der Waals surface area contributed by atoms with Crippen LogP contribution in [0, 0.1) is 5.92 Å². The summed E-state index contributed by atoms with van der Waals surface area (Å²) in [6.07, 6.45) is 3.98. The number of nitrogens with one attached hydrogen (secondary N) is 1. The zero-order chi connectivity index (χ0) is 15.5. The van der Waals surface area contributed by atoms with Crippen molar-refractivity contribution in [1.29, 1.82) is 0 Å². The van der Waals surface area contributed by atoms with E-state index in [2.05, 4.69) is 43.4 Å². The van der Waals surface area contributed by atoms with Crippen molar-refractivity contribution in [2.24, 2.45) is 11.7 Å². The molecule has 3 N–H and O–H groups in total. The van der Waals surface area contributed by atoms with Gasteiger partial charge in [-0.05, 0) is 49.1 Å². The number of carbonyl (C=O) groups excluding carboxylic acids is 1. The number of nitrogens with two attached hydrogens (primary N) is 1. The van der Waals surface area contributed by atoms with Crippen LogP contribution in [0.1, 0.15) is 57.1 Å². The quantitative estimate of drug-likeness (QED) is 0.875. The van der Waals surface area contributed by atoms with Gasteiger partial charge in [-0.25, -0.2) is 0 Å². The summed E-state index contributed by atoms with van der Waals surface area (Å²) >= 11 is 0. The highest BCUT2D eigenvalue weighted by molar-refractivity contribution is 5.78. The number of hydrogen-bond donors (Lipinski definition) is 2. The normalized spacial score (nSPS) is 20.7. The Hall–Kier alpha value is -1.35. The smallest absolute Gasteiger partial charge is 0.221 e. The molecule has 21 heavy (non-hydrogen) atoms. The first-order chi connectivity index (χ1) is 9.96. The molecule has 1 aromatic carbocycles. The third kappa shape index (κ3) is 3.65. The highest BCUT2D eigenvalue weighted by Crippen LogP contribution is 2.33. The highest BCUT2D eigenvalue weighted by atomic mass is 16.1. The van der Waals surface area contributed by atoms with Crippen molar-refractivity contribution in [3.63, 3.8) is 0 Å². The number of fused-ring (bicyclic) bond motifs is 1. The second-order valence-corrected chi connectivity index (χ2v) is 6.82. The van der Waals surface area contributed by atoms with Gasteiger partial charge in [0, 0.05) is 13.0 Å². The van der Waals surface area contributed by atoms with Crippen molar-refractivity contribution in [2.75, 3.05) is 6.54 Å². The largest absolute Gasteiger partial charge is 0.349 e. The van der Waals surface area contributed by atoms with Gasteiger partial charge in [0.1, 0.15) is 0 Å². The molecule has 2 atom stereocenters. The predicted molar refractivity (Wildman–Crippen MR) is 87.2 cm³/mol. The van der Waals surface area contributed by atoms with Gasteiger partial charge >= 0.3 is 0 Å². The molecule has 2 rings (SSSR count). The van der Waals surface area contributed by atoms with Crippen molar-refractivity contribution in [1.82, 2.24) is 5.32 Å². The second-order valence-electron chi connectivity index (χ2n) is 6.82. The van der Waals surface area contributed by atoms with Crippen LogP contribution < -0.4 is 11.1 Å². The summed E-state index contributed by atoms with van der Waals surface area (Å²) in [5.41, 5.74) is 8.31. The third-order valence-electron chi connectivity index (χ3n) is 5.05. The first kappa shape index (κ1) is 16.0. The fourth-order valence-electron chi connectivity index (χ4n) is 3.09. The Balaban J connectivity index is 2.04. The zero-order valence-electron chi connectivity index (χ0n) is 13.5. The lowest BCUT2D eigenvalue weighted by atomic mass is 9.80. The number of rotatable bonds is 5. The molecule has 0 aromatic heterocycles. The first-order valence-electron chi connectivity index (χ1n) is 8.05. The van der Waals surface area contributed by atoms with Crippen LogP contribution in [-0.2, 0) is 11.2 Å². The molecule has 3 nitrogen and oxygen atoms in total. The lowest BCUT2D eigenvalue weighted by Crippen LogP contribution is -2.55. The lowest BCUT2D eigenvalue weighted by Gasteiger charge is -2.34. The fourth-order valence-corrected chi connectivity index (χ4v) is 3.09. The summed E-state index contributed by atoms with van der Waals surface area (Å²) in [5, 5.41) is 3.16. The Morgan fingerprint density at radius 2 is 2.14 bits per heavy atom. The Morgan fingerprint density at radius 1 is 1.43 bits per heavy atom. The minimum Gasteiger partial charge on any atom is -0.349 e. The van der Waals surface area contributed by atoms with Crippen LogP contribution in [-0.4, -0.2) is 18.0 Å². The van der Waals surface area contributed by atoms with Crippen LogP contribution in [0.3, 0.4) is 0 Å². The van der Waals surface area contributed by atoms with Gasteiger partial charge in [0.05, 0.1) is 5.54 Å². The minimum absolute atomic E-state index is 0.123. The molecular formula is C18H28N2O. The Labute approximate surface area is 128 Å². The molecule has 1 amide bonds. The maximum absolute atomic E-state index is 12.4. The molecule has 0 saturated carbocycles. The monoisotopic (exact) mass is 288 g/mol. The average molecular weight is 288 g/mol. The van der Waals surface area contributed by atoms with E-state index >= 15 is 0 Å². The van der Waals surface area contributed by atoms with E-state index in [9.17, 15) is 4.79 Å². The first-order valence-corrected chi connectivity index (χ1v) is 8.05. The van der Waals surface area contributed by atoms with Crippen molar-refractivity contribution in [2.45, 2.75) is 57.9 Å². The molecule has 1 aromatic rings. The average Bonchev–Trinajstić information content (AvgIpc) is 2.47. The number of benzene rings is 1. The fraction of sp³-hybridized carbons (Fsp3) is 0.611. The Morgan fingerprint density at radius 3 is 2.81 bits per heavy atom. The number of carbonyl (C=O) groups is 1. The number of amides is 1. The van der Waals surface area contributed by atoms with Crippen molar-refractivity contribution >= 4 is 5.91 Å². The van der Waals surface area contributed by atoms with E-state index < -0.39 is 0 Å². The van der Waals surface area contributed by atoms with E-state index in [1.807, 2.05) is 6.92 Å². The molecule has 0 spiro atoms. The Kier molecular flexibility index (Phi) is 5.04. The van der Waals surface area contributed by atoms with E-state index in [0.717, 1.165) is 12.8 Å². The van der Waals surface area contributed by atoms with Gasteiger partial charge in [-0.3, -0.25) is 4.79 Å². The van der Waals surface area contributed by atoms with E-state index in [-0.39, 0.29) is 11.4 Å². The van der Waals surface area contributed by atoms with Crippen LogP contribution in [0.25, 0.3) is 0 Å². The minimum atomic E-state index is -0.314. The van der Waals surface area contributed by atoms with Crippen LogP contribution in [0.15, 0.2) is 24.3 Å². The van der Waals surface area contributed by atoms with Gasteiger partial charge in [-0.1, -0.05) is 38.1 Å². The topological polar surface area (TPSA) is 55.1 Å². The summed E-state index contributed by atoms with van der Waals surface area (Å²) in [4.78, 5) is 12.4. The second kappa shape index (κ2) is 6.61. The summed E-state index contributed by atoms with van der Waals surface area (Å²) in [5.74, 6) is 0.799. The summed E-state index contributed by atoms with van der Waals surface area (Å²) in [6, 6.07) is 8.53. The SMILES string of the molecule is CC(C)C(C)(CN)NC(=O)CC1CCCc2ccccc21. The number of hydrogen-bond acceptors (Lipinski definition) is 2. The lowest BCUT2D eigenvalue weighted by molar-refractivity contribution is -0.123. The number of aryl methyl sites for hydroxylation is 1. The third-order valence-corrected chi connectivity index (χ3v) is 5.05. The van der Waals surface area contributed by atoms with E-state index in [0.29, 0.717) is 24.8 Å². The van der Waals surface area contributed by atoms with E-state index in [4.69, 9.17) is 5.73 Å². The molecule has 0 fully saturated rings. The molecule has 1 aliphatic carbocycles. The van der Waals surface area contributed by atoms with Crippen LogP contribution >= 0.6 is 0 Å². The summed E-state index contributed by atoms with van der Waals surface area (Å²) in [7, 11) is 0. The molecule has 0 bridgehead atoms. The van der Waals surface area contributed by atoms with Crippen molar-refractivity contribution < 1.29 is 4.79 Å². The summed E-state index contributed by atoms with van der Waals surface area (Å²) < 4.78 is 0. The van der Waals surface area contributed by atoms with Gasteiger partial charge < -0.3 is 11.1 Å². The van der Waals surface area contributed by atoms with Crippen molar-refractivity contribution in [3.8, 4) is 0 Å². The van der Waals surface area contributed by atoms with Gasteiger partial charge in [0.25, 0.3) is 0 Å². The molecule has 2 unspecified atom stereocenters. The molecule has 0 saturated heterocycles. The molecule has 0 heterocycles. The standard InChI is InChI=1S/C18H28N2O/c1-13(2)18(3,12-19)20-17(21)11-15-9-6-8-14-7-4-5-10-16(14)15/h4-5,7,10,13,15H,6,8-9,11-12,19H2,1-3H3,(H,20,21). The Bertz CT molecular complexity index is 498. The van der Waals surface area contributed by atoms with Crippen molar-refractivity contribution in [3.05, 3.63) is 35.4 Å². The summed E-state index contributed by atoms with van der Waals surface area (Å²) in [6.45, 7) is 6.70. The zero-order valence-corrected chi connectivity index (χ0v) is 13.5. The molecule has 3 heteroatoms. The molecule has 0 radical (unpaired) electrons. The van der Waals surface area contributed by atoms with E-state index in [1.54, 1.807) is 0 Å². The van der Waals surface area contributed by atoms with Gasteiger partial charge in [0.15, 0.2) is 0 Å². The van der Waals surface area contributed by atoms with Crippen LogP contribution in [0.2, 0.25) is 0 Å². The predicted octanol–water partition coefficient (Wildman–Crippen LogP) is 2.99. The van der Waals surface area contributed by atoms with Crippen LogP contribution in [0.5, 0.6) is 0 Å². The molecular weight excluding hydrogens is 260 g/mol. The van der Waals surface area contributed by atoms with Crippen LogP contribution in [0.4, 0.5) is 0 Å². The maximum atomic E-state index is 12.4. The van der Waals surface area contributed by atoms with Gasteiger partial charge in [0.2, 0.25) is 5.91 Å². The molecule has 1 aliphatic rings. The van der Waals surface area contributed by atoms with Gasteiger partial charge in [-0.2, -0.15) is 0 Å². The van der Waals surface area contributed by atoms with Gasteiger partial charge in [-0.15, -0.1) is 0 Å². The highest BCUT2D eigenvalue weighted by Gasteiger charge is 2.30. The molecule has 0 aliphatic heterocycles. The molecule has 116 valence electrons. The van der Waals surface area contributed by atoms with E-state index in [1.165, 1.54) is 17.5 Å².